The van der Waals surface area contributed by atoms with Crippen LogP contribution in [0.1, 0.15) is 0 Å². The monoisotopic (exact) mass is 306 g/mol. The summed E-state index contributed by atoms with van der Waals surface area (Å²) < 4.78 is 14.3. The van der Waals surface area contributed by atoms with Crippen LogP contribution >= 0.6 is 7.82 Å². The second-order valence-corrected chi connectivity index (χ2v) is 2.99. The summed E-state index contributed by atoms with van der Waals surface area (Å²) in [6.45, 7) is 0. The average molecular weight is 306 g/mol. The summed E-state index contributed by atoms with van der Waals surface area (Å²) in [6, 6.07) is 7.78. The van der Waals surface area contributed by atoms with Gasteiger partial charge < -0.3 is 14.3 Å². The van der Waals surface area contributed by atoms with Crippen molar-refractivity contribution in [2.24, 2.45) is 0 Å². The van der Waals surface area contributed by atoms with Gasteiger partial charge in [0.25, 0.3) is 0 Å². The van der Waals surface area contributed by atoms with Crippen molar-refractivity contribution in [3.8, 4) is 5.75 Å². The summed E-state index contributed by atoms with van der Waals surface area (Å²) in [7, 11) is -4.64. The first kappa shape index (κ1) is 13.2. The summed E-state index contributed by atoms with van der Waals surface area (Å²) in [6.07, 6.45) is 0. The molecule has 1 atom stereocenters. The third kappa shape index (κ3) is 5.80. The predicted octanol–water partition coefficient (Wildman–Crippen LogP) is -2.47. The van der Waals surface area contributed by atoms with E-state index < -0.39 is 7.82 Å². The molecule has 0 heterocycles. The fraction of sp³-hybridized carbons (Fsp3) is 0. The first-order chi connectivity index (χ1) is 5.08. The summed E-state index contributed by atoms with van der Waals surface area (Å²) in [5.74, 6) is 0.105. The molecular formula is C6H6CsO4P. The molecule has 60 valence electrons. The number of rotatable bonds is 2. The Morgan fingerprint density at radius 1 is 1.33 bits per heavy atom. The molecule has 0 aliphatic carbocycles. The van der Waals surface area contributed by atoms with Gasteiger partial charge in [-0.3, -0.25) is 4.57 Å². The van der Waals surface area contributed by atoms with Gasteiger partial charge in [0.15, 0.2) is 0 Å². The van der Waals surface area contributed by atoms with E-state index in [0.717, 1.165) is 0 Å². The summed E-state index contributed by atoms with van der Waals surface area (Å²) in [5, 5.41) is 0. The van der Waals surface area contributed by atoms with Crippen LogP contribution in [-0.4, -0.2) is 4.89 Å². The Morgan fingerprint density at radius 2 is 1.83 bits per heavy atom. The van der Waals surface area contributed by atoms with Crippen LogP contribution in [0.5, 0.6) is 5.75 Å². The molecule has 0 spiro atoms. The maximum Gasteiger partial charge on any atom is 1.00 e. The van der Waals surface area contributed by atoms with E-state index in [-0.39, 0.29) is 74.6 Å². The molecule has 1 aromatic rings. The van der Waals surface area contributed by atoms with Gasteiger partial charge in [-0.2, -0.15) is 0 Å². The first-order valence-corrected chi connectivity index (χ1v) is 4.36. The van der Waals surface area contributed by atoms with Crippen molar-refractivity contribution in [2.75, 3.05) is 0 Å². The average Bonchev–Trinajstić information content (AvgIpc) is 1.85. The van der Waals surface area contributed by atoms with Crippen LogP contribution in [0.4, 0.5) is 0 Å². The van der Waals surface area contributed by atoms with Gasteiger partial charge in [-0.1, -0.05) is 18.2 Å². The van der Waals surface area contributed by atoms with Crippen molar-refractivity contribution in [1.29, 1.82) is 0 Å². The Kier molecular flexibility index (Phi) is 6.44. The number of phosphoric acid groups is 1. The number of phosphoric ester groups is 1. The van der Waals surface area contributed by atoms with Gasteiger partial charge in [-0.15, -0.1) is 0 Å². The standard InChI is InChI=1S/C6H7O4P.Cs/c7-11(8,9)10-6-4-2-1-3-5-6;/h1-5H,(H2,7,8,9);/q;+1/p-1. The van der Waals surface area contributed by atoms with Crippen molar-refractivity contribution in [3.63, 3.8) is 0 Å². The number of benzene rings is 1. The van der Waals surface area contributed by atoms with Crippen LogP contribution in [0.15, 0.2) is 30.3 Å². The zero-order chi connectivity index (χ0) is 8.32. The van der Waals surface area contributed by atoms with E-state index in [2.05, 4.69) is 4.52 Å². The SMILES string of the molecule is O=P([O-])(O)Oc1ccccc1.[Cs+]. The Morgan fingerprint density at radius 3 is 2.25 bits per heavy atom. The van der Waals surface area contributed by atoms with Crippen molar-refractivity contribution >= 4 is 7.82 Å². The first-order valence-electron chi connectivity index (χ1n) is 2.86. The minimum atomic E-state index is -4.64. The Labute approximate surface area is 129 Å². The van der Waals surface area contributed by atoms with Crippen LogP contribution in [0.25, 0.3) is 0 Å². The number of hydrogen-bond donors (Lipinski definition) is 1. The molecule has 4 nitrogen and oxygen atoms in total. The van der Waals surface area contributed by atoms with Crippen molar-refractivity contribution in [3.05, 3.63) is 30.3 Å². The topological polar surface area (TPSA) is 69.6 Å². The molecule has 0 aliphatic heterocycles. The molecule has 0 aromatic heterocycles. The largest absolute Gasteiger partial charge is 1.00 e. The Balaban J connectivity index is 0.00000121. The van der Waals surface area contributed by atoms with E-state index in [1.165, 1.54) is 12.1 Å². The smallest absolute Gasteiger partial charge is 0.746 e. The van der Waals surface area contributed by atoms with Crippen molar-refractivity contribution in [2.45, 2.75) is 0 Å². The Bertz CT molecular complexity index is 270. The molecule has 0 radical (unpaired) electrons. The van der Waals surface area contributed by atoms with E-state index in [1.807, 2.05) is 0 Å². The summed E-state index contributed by atoms with van der Waals surface area (Å²) in [4.78, 5) is 18.4. The molecule has 6 heteroatoms. The Hall–Kier alpha value is 1.22. The van der Waals surface area contributed by atoms with E-state index in [0.29, 0.717) is 0 Å². The predicted molar refractivity (Wildman–Crippen MR) is 36.9 cm³/mol. The van der Waals surface area contributed by atoms with Crippen LogP contribution in [-0.2, 0) is 4.57 Å². The quantitative estimate of drug-likeness (QED) is 0.615. The molecule has 0 saturated heterocycles. The second kappa shape index (κ2) is 5.85. The molecule has 1 aromatic carbocycles. The van der Waals surface area contributed by atoms with Gasteiger partial charge in [0, 0.05) is 0 Å². The molecule has 1 rings (SSSR count). The van der Waals surface area contributed by atoms with Crippen molar-refractivity contribution in [1.82, 2.24) is 0 Å². The molecule has 1 unspecified atom stereocenters. The van der Waals surface area contributed by atoms with E-state index >= 15 is 0 Å². The van der Waals surface area contributed by atoms with E-state index in [9.17, 15) is 9.46 Å². The minimum Gasteiger partial charge on any atom is -0.746 e. The summed E-state index contributed by atoms with van der Waals surface area (Å²) >= 11 is 0. The fourth-order valence-electron chi connectivity index (χ4n) is 0.615. The van der Waals surface area contributed by atoms with Gasteiger partial charge in [0.1, 0.15) is 5.75 Å². The van der Waals surface area contributed by atoms with Crippen molar-refractivity contribution < 1.29 is 87.8 Å². The molecule has 0 saturated carbocycles. The fourth-order valence-corrected chi connectivity index (χ4v) is 1.00. The molecule has 12 heavy (non-hydrogen) atoms. The molecule has 0 fully saturated rings. The van der Waals surface area contributed by atoms with E-state index in [1.54, 1.807) is 18.2 Å². The molecule has 0 bridgehead atoms. The molecule has 0 amide bonds. The van der Waals surface area contributed by atoms with Gasteiger partial charge in [-0.05, 0) is 12.1 Å². The van der Waals surface area contributed by atoms with Crippen LogP contribution in [0.2, 0.25) is 0 Å². The number of para-hydroxylation sites is 1. The van der Waals surface area contributed by atoms with Crippen LogP contribution < -0.4 is 78.3 Å². The maximum atomic E-state index is 10.2. The van der Waals surface area contributed by atoms with Gasteiger partial charge >= 0.3 is 76.7 Å². The second-order valence-electron chi connectivity index (χ2n) is 1.87. The molecule has 0 aliphatic rings. The number of hydrogen-bond acceptors (Lipinski definition) is 3. The zero-order valence-corrected chi connectivity index (χ0v) is 13.7. The van der Waals surface area contributed by atoms with Gasteiger partial charge in [0.05, 0.1) is 0 Å². The zero-order valence-electron chi connectivity index (χ0n) is 6.51. The van der Waals surface area contributed by atoms with Crippen LogP contribution in [0.3, 0.4) is 0 Å². The molecular weight excluding hydrogens is 300 g/mol. The maximum absolute atomic E-state index is 10.2. The minimum absolute atomic E-state index is 0. The normalized spacial score (nSPS) is 14.2. The van der Waals surface area contributed by atoms with Gasteiger partial charge in [-0.25, -0.2) is 0 Å². The summed E-state index contributed by atoms with van der Waals surface area (Å²) in [5.41, 5.74) is 0. The third-order valence-corrected chi connectivity index (χ3v) is 1.41. The molecule has 1 N–H and O–H groups in total. The van der Waals surface area contributed by atoms with Crippen LogP contribution in [0, 0.1) is 0 Å². The third-order valence-electron chi connectivity index (χ3n) is 0.964. The van der Waals surface area contributed by atoms with E-state index in [4.69, 9.17) is 4.89 Å². The van der Waals surface area contributed by atoms with Gasteiger partial charge in [0.2, 0.25) is 0 Å².